The highest BCUT2D eigenvalue weighted by atomic mass is 35.5. The monoisotopic (exact) mass is 460 g/mol. The summed E-state index contributed by atoms with van der Waals surface area (Å²) in [7, 11) is 0. The summed E-state index contributed by atoms with van der Waals surface area (Å²) < 4.78 is 1.86. The maximum absolute atomic E-state index is 12.1. The van der Waals surface area contributed by atoms with Crippen molar-refractivity contribution < 1.29 is 9.90 Å². The van der Waals surface area contributed by atoms with Crippen LogP contribution in [0.5, 0.6) is 0 Å². The van der Waals surface area contributed by atoms with Gasteiger partial charge in [0.1, 0.15) is 5.56 Å². The summed E-state index contributed by atoms with van der Waals surface area (Å²) >= 11 is 5.96. The summed E-state index contributed by atoms with van der Waals surface area (Å²) in [6.07, 6.45) is 4.68. The van der Waals surface area contributed by atoms with Gasteiger partial charge in [-0.15, -0.1) is 0 Å². The minimum atomic E-state index is -0.630. The SMILES string of the molecule is CC(C)(O)C1CN([C@@H]2CCC(n3cc(C(N)=O)c(Nc4ccc(Cl)cc4)n3)[C@@H](CN)C2)C1. The Bertz CT molecular complexity index is 948. The molecule has 3 atom stereocenters. The molecule has 1 aromatic heterocycles. The smallest absolute Gasteiger partial charge is 0.254 e. The molecule has 2 aliphatic rings. The first kappa shape index (κ1) is 23.0. The van der Waals surface area contributed by atoms with Crippen LogP contribution in [0.3, 0.4) is 0 Å². The Hall–Kier alpha value is -2.13. The number of amides is 1. The third kappa shape index (κ3) is 4.78. The van der Waals surface area contributed by atoms with Crippen molar-refractivity contribution in [2.45, 2.75) is 50.8 Å². The predicted octanol–water partition coefficient (Wildman–Crippen LogP) is 2.75. The van der Waals surface area contributed by atoms with Crippen molar-refractivity contribution in [3.8, 4) is 0 Å². The van der Waals surface area contributed by atoms with Gasteiger partial charge >= 0.3 is 0 Å². The molecule has 1 aromatic carbocycles. The molecule has 0 radical (unpaired) electrons. The number of aliphatic hydroxyl groups is 1. The van der Waals surface area contributed by atoms with E-state index in [0.717, 1.165) is 38.0 Å². The minimum absolute atomic E-state index is 0.112. The highest BCUT2D eigenvalue weighted by molar-refractivity contribution is 6.30. The van der Waals surface area contributed by atoms with Gasteiger partial charge in [-0.1, -0.05) is 11.6 Å². The second-order valence-electron chi connectivity index (χ2n) is 9.70. The average molecular weight is 461 g/mol. The zero-order valence-electron chi connectivity index (χ0n) is 18.7. The summed E-state index contributed by atoms with van der Waals surface area (Å²) in [6.45, 7) is 6.18. The Morgan fingerprint density at radius 2 is 1.97 bits per heavy atom. The molecule has 2 aromatic rings. The largest absolute Gasteiger partial charge is 0.390 e. The number of hydrogen-bond acceptors (Lipinski definition) is 6. The summed E-state index contributed by atoms with van der Waals surface area (Å²) in [4.78, 5) is 14.5. The molecule has 1 aliphatic heterocycles. The number of nitrogens with one attached hydrogen (secondary N) is 1. The van der Waals surface area contributed by atoms with E-state index < -0.39 is 11.5 Å². The first-order valence-electron chi connectivity index (χ1n) is 11.2. The number of nitrogens with zero attached hydrogens (tertiary/aromatic N) is 3. The Kier molecular flexibility index (Phi) is 6.49. The molecule has 4 rings (SSSR count). The number of anilines is 2. The average Bonchev–Trinajstić information content (AvgIpc) is 3.11. The zero-order valence-corrected chi connectivity index (χ0v) is 19.4. The Balaban J connectivity index is 1.47. The Labute approximate surface area is 193 Å². The van der Waals surface area contributed by atoms with E-state index in [0.29, 0.717) is 34.9 Å². The molecular weight excluding hydrogens is 428 g/mol. The van der Waals surface area contributed by atoms with Crippen LogP contribution in [0.15, 0.2) is 30.5 Å². The zero-order chi connectivity index (χ0) is 23.0. The van der Waals surface area contributed by atoms with E-state index in [4.69, 9.17) is 23.1 Å². The van der Waals surface area contributed by atoms with E-state index in [2.05, 4.69) is 15.3 Å². The molecule has 0 spiro atoms. The van der Waals surface area contributed by atoms with Crippen LogP contribution in [0.25, 0.3) is 0 Å². The van der Waals surface area contributed by atoms with Crippen LogP contribution in [0.2, 0.25) is 5.02 Å². The fourth-order valence-electron chi connectivity index (χ4n) is 4.92. The number of carbonyl (C=O) groups is 1. The Morgan fingerprint density at radius 3 is 2.56 bits per heavy atom. The molecule has 0 bridgehead atoms. The number of benzene rings is 1. The number of carbonyl (C=O) groups excluding carboxylic acids is 1. The number of halogens is 1. The van der Waals surface area contributed by atoms with Gasteiger partial charge in [-0.2, -0.15) is 5.10 Å². The number of nitrogens with two attached hydrogens (primary N) is 2. The van der Waals surface area contributed by atoms with E-state index in [1.807, 2.05) is 30.7 Å². The first-order chi connectivity index (χ1) is 15.2. The molecule has 1 saturated carbocycles. The van der Waals surface area contributed by atoms with Crippen molar-refractivity contribution in [1.29, 1.82) is 0 Å². The lowest BCUT2D eigenvalue weighted by atomic mass is 9.77. The first-order valence-corrected chi connectivity index (χ1v) is 11.6. The summed E-state index contributed by atoms with van der Waals surface area (Å²) in [6, 6.07) is 7.78. The maximum atomic E-state index is 12.1. The van der Waals surface area contributed by atoms with Crippen molar-refractivity contribution >= 4 is 29.0 Å². The molecule has 1 saturated heterocycles. The van der Waals surface area contributed by atoms with Crippen LogP contribution >= 0.6 is 11.6 Å². The molecule has 1 unspecified atom stereocenters. The van der Waals surface area contributed by atoms with E-state index in [9.17, 15) is 9.90 Å². The van der Waals surface area contributed by atoms with Crippen LogP contribution in [0.4, 0.5) is 11.5 Å². The fraction of sp³-hybridized carbons (Fsp3) is 0.565. The fourth-order valence-corrected chi connectivity index (χ4v) is 5.04. The van der Waals surface area contributed by atoms with E-state index >= 15 is 0 Å². The third-order valence-electron chi connectivity index (χ3n) is 7.09. The molecule has 8 nitrogen and oxygen atoms in total. The molecule has 1 amide bonds. The normalized spacial score (nSPS) is 24.8. The van der Waals surface area contributed by atoms with Crippen LogP contribution in [-0.4, -0.2) is 57.0 Å². The predicted molar refractivity (Wildman–Crippen MR) is 126 cm³/mol. The number of likely N-dealkylation sites (tertiary alicyclic amines) is 1. The van der Waals surface area contributed by atoms with Crippen molar-refractivity contribution in [2.75, 3.05) is 25.0 Å². The lowest BCUT2D eigenvalue weighted by Gasteiger charge is -2.51. The number of primary amides is 1. The van der Waals surface area contributed by atoms with Crippen molar-refractivity contribution in [2.24, 2.45) is 23.3 Å². The van der Waals surface area contributed by atoms with Gasteiger partial charge in [0.15, 0.2) is 5.82 Å². The molecule has 6 N–H and O–H groups in total. The Morgan fingerprint density at radius 1 is 1.28 bits per heavy atom. The van der Waals surface area contributed by atoms with Crippen LogP contribution in [0.1, 0.15) is 49.5 Å². The maximum Gasteiger partial charge on any atom is 0.254 e. The second kappa shape index (κ2) is 9.02. The highest BCUT2D eigenvalue weighted by Gasteiger charge is 2.43. The molecule has 9 heteroatoms. The van der Waals surface area contributed by atoms with Gasteiger partial charge in [0.25, 0.3) is 5.91 Å². The quantitative estimate of drug-likeness (QED) is 0.504. The van der Waals surface area contributed by atoms with Gasteiger partial charge in [-0.25, -0.2) is 0 Å². The van der Waals surface area contributed by atoms with Crippen LogP contribution < -0.4 is 16.8 Å². The summed E-state index contributed by atoms with van der Waals surface area (Å²) in [5.74, 6) is 0.485. The topological polar surface area (TPSA) is 122 Å². The number of hydrogen-bond donors (Lipinski definition) is 4. The van der Waals surface area contributed by atoms with Gasteiger partial charge in [0.05, 0.1) is 11.6 Å². The van der Waals surface area contributed by atoms with Crippen molar-refractivity contribution in [1.82, 2.24) is 14.7 Å². The van der Waals surface area contributed by atoms with Crippen molar-refractivity contribution in [3.63, 3.8) is 0 Å². The van der Waals surface area contributed by atoms with E-state index in [1.165, 1.54) is 0 Å². The molecule has 2 fully saturated rings. The van der Waals surface area contributed by atoms with Crippen LogP contribution in [-0.2, 0) is 0 Å². The van der Waals surface area contributed by atoms with Gasteiger partial charge in [-0.05, 0) is 69.8 Å². The number of rotatable bonds is 7. The van der Waals surface area contributed by atoms with Gasteiger partial charge in [0.2, 0.25) is 0 Å². The molecular formula is C23H33ClN6O2. The molecule has 174 valence electrons. The molecule has 32 heavy (non-hydrogen) atoms. The molecule has 2 heterocycles. The minimum Gasteiger partial charge on any atom is -0.390 e. The standard InChI is InChI=1S/C23H33ClN6O2/c1-23(2,32)15-11-29(12-15)18-7-8-20(14(9-18)10-25)30-13-19(21(26)31)22(28-30)27-17-5-3-16(24)4-6-17/h3-6,13-15,18,20,32H,7-12,25H2,1-2H3,(H2,26,31)(H,27,28)/t14-,18-,20?/m1/s1. The summed E-state index contributed by atoms with van der Waals surface area (Å²) in [5, 5.41) is 18.7. The highest BCUT2D eigenvalue weighted by Crippen LogP contribution is 2.39. The summed E-state index contributed by atoms with van der Waals surface area (Å²) in [5.41, 5.74) is 12.3. The molecule has 1 aliphatic carbocycles. The van der Waals surface area contributed by atoms with Crippen molar-refractivity contribution in [3.05, 3.63) is 41.0 Å². The van der Waals surface area contributed by atoms with Gasteiger partial charge < -0.3 is 21.9 Å². The number of aromatic nitrogens is 2. The lowest BCUT2D eigenvalue weighted by molar-refractivity contribution is -0.0862. The van der Waals surface area contributed by atoms with Gasteiger partial charge in [0, 0.05) is 42.0 Å². The van der Waals surface area contributed by atoms with Crippen LogP contribution in [0, 0.1) is 11.8 Å². The van der Waals surface area contributed by atoms with E-state index in [-0.39, 0.29) is 12.0 Å². The van der Waals surface area contributed by atoms with Gasteiger partial charge in [-0.3, -0.25) is 14.4 Å². The second-order valence-corrected chi connectivity index (χ2v) is 10.1. The van der Waals surface area contributed by atoms with E-state index in [1.54, 1.807) is 18.3 Å². The lowest BCUT2D eigenvalue weighted by Crippen LogP contribution is -2.60. The third-order valence-corrected chi connectivity index (χ3v) is 7.34.